The number of rotatable bonds is 4. The summed E-state index contributed by atoms with van der Waals surface area (Å²) in [5.74, 6) is -39.9. The maximum atomic E-state index is 13.6. The molecule has 0 bridgehead atoms. The molecule has 1 heterocycles. The summed E-state index contributed by atoms with van der Waals surface area (Å²) in [5.41, 5.74) is 0. The fourth-order valence-electron chi connectivity index (χ4n) is 1.72. The molecular weight excluding hydrogens is 463 g/mol. The van der Waals surface area contributed by atoms with E-state index in [1.165, 1.54) is 0 Å². The van der Waals surface area contributed by atoms with Gasteiger partial charge in [-0.05, 0) is 0 Å². The Kier molecular flexibility index (Phi) is 5.20. The highest BCUT2D eigenvalue weighted by atomic mass is 19.4. The van der Waals surface area contributed by atoms with Crippen molar-refractivity contribution in [2.45, 2.75) is 54.3 Å². The van der Waals surface area contributed by atoms with E-state index in [2.05, 4.69) is 4.74 Å². The number of alkyl halides is 17. The van der Waals surface area contributed by atoms with Crippen LogP contribution >= 0.6 is 0 Å². The van der Waals surface area contributed by atoms with Crippen LogP contribution in [-0.2, 0) is 9.47 Å². The fourth-order valence-corrected chi connectivity index (χ4v) is 1.72. The normalized spacial score (nSPS) is 24.5. The van der Waals surface area contributed by atoms with Crippen LogP contribution in [0.1, 0.15) is 0 Å². The van der Waals surface area contributed by atoms with Crippen molar-refractivity contribution in [2.24, 2.45) is 0 Å². The van der Waals surface area contributed by atoms with Crippen LogP contribution in [0, 0.1) is 0 Å². The van der Waals surface area contributed by atoms with Crippen LogP contribution in [0.5, 0.6) is 0 Å². The lowest BCUT2D eigenvalue weighted by Crippen LogP contribution is -2.76. The molecule has 0 saturated carbocycles. The minimum atomic E-state index is -8.15. The molecule has 2 nitrogen and oxygen atoms in total. The molecule has 0 aromatic heterocycles. The predicted octanol–water partition coefficient (Wildman–Crippen LogP) is 5.28. The van der Waals surface area contributed by atoms with E-state index in [4.69, 9.17) is 0 Å². The third-order valence-corrected chi connectivity index (χ3v) is 3.14. The molecule has 1 saturated heterocycles. The molecule has 0 amide bonds. The zero-order valence-electron chi connectivity index (χ0n) is 11.8. The van der Waals surface area contributed by atoms with Crippen molar-refractivity contribution in [2.75, 3.05) is 0 Å². The van der Waals surface area contributed by atoms with E-state index in [-0.39, 0.29) is 0 Å². The summed E-state index contributed by atoms with van der Waals surface area (Å²) >= 11 is 0. The number of hydrogen-bond acceptors (Lipinski definition) is 2. The zero-order valence-corrected chi connectivity index (χ0v) is 11.8. The molecule has 0 radical (unpaired) electrons. The molecule has 28 heavy (non-hydrogen) atoms. The molecule has 1 unspecified atom stereocenters. The van der Waals surface area contributed by atoms with Crippen LogP contribution in [0.25, 0.3) is 0 Å². The average molecular weight is 464 g/mol. The van der Waals surface area contributed by atoms with Crippen LogP contribution in [0.4, 0.5) is 74.6 Å². The van der Waals surface area contributed by atoms with E-state index in [0.717, 1.165) is 0 Å². The van der Waals surface area contributed by atoms with Crippen LogP contribution in [0.15, 0.2) is 0 Å². The monoisotopic (exact) mass is 464 g/mol. The van der Waals surface area contributed by atoms with Gasteiger partial charge >= 0.3 is 47.9 Å². The first-order valence-electron chi connectivity index (χ1n) is 5.88. The van der Waals surface area contributed by atoms with Crippen LogP contribution in [0.3, 0.4) is 0 Å². The molecule has 0 spiro atoms. The van der Waals surface area contributed by atoms with Crippen molar-refractivity contribution in [3.8, 4) is 0 Å². The van der Waals surface area contributed by atoms with Crippen molar-refractivity contribution >= 4 is 0 Å². The Morgan fingerprint density at radius 1 is 0.571 bits per heavy atom. The Labute approximate surface area is 140 Å². The summed E-state index contributed by atoms with van der Waals surface area (Å²) in [6.07, 6.45) is -27.0. The van der Waals surface area contributed by atoms with Gasteiger partial charge in [-0.2, -0.15) is 70.2 Å². The summed E-state index contributed by atoms with van der Waals surface area (Å²) < 4.78 is 221. The number of ether oxygens (including phenoxy) is 2. The molecule has 0 aromatic carbocycles. The van der Waals surface area contributed by atoms with Gasteiger partial charge < -0.3 is 0 Å². The third-order valence-electron chi connectivity index (χ3n) is 3.14. The molecule has 1 fully saturated rings. The van der Waals surface area contributed by atoms with Gasteiger partial charge in [-0.25, -0.2) is 4.39 Å². The van der Waals surface area contributed by atoms with Gasteiger partial charge in [-0.3, -0.25) is 9.47 Å². The smallest absolute Gasteiger partial charge is 0.297 e. The van der Waals surface area contributed by atoms with Crippen LogP contribution in [-0.4, -0.2) is 54.3 Å². The van der Waals surface area contributed by atoms with Crippen molar-refractivity contribution in [3.05, 3.63) is 0 Å². The Bertz CT molecular complexity index is 563. The van der Waals surface area contributed by atoms with Crippen molar-refractivity contribution in [1.82, 2.24) is 0 Å². The lowest BCUT2D eigenvalue weighted by atomic mass is 9.90. The molecule has 1 atom stereocenters. The number of halogens is 17. The average Bonchev–Trinajstić information content (AvgIpc) is 2.68. The standard InChI is InChI=1S/C9HF17O2/c10-1-2(11,12)28-7(27-1,3(13,14)5(17,18)8(21,22)23)4(15,16)6(19,20)9(24,25)26/h1H. The lowest BCUT2D eigenvalue weighted by Gasteiger charge is -2.44. The second kappa shape index (κ2) is 5.88. The molecule has 0 N–H and O–H groups in total. The number of hydrogen-bond donors (Lipinski definition) is 0. The minimum Gasteiger partial charge on any atom is -0.297 e. The van der Waals surface area contributed by atoms with Gasteiger partial charge in [0.2, 0.25) is 0 Å². The first kappa shape index (κ1) is 24.8. The van der Waals surface area contributed by atoms with Crippen molar-refractivity contribution in [1.29, 1.82) is 0 Å². The summed E-state index contributed by atoms with van der Waals surface area (Å²) in [6.45, 7) is 0. The molecule has 19 heteroatoms. The van der Waals surface area contributed by atoms with Gasteiger partial charge in [0.1, 0.15) is 0 Å². The van der Waals surface area contributed by atoms with Gasteiger partial charge in [0, 0.05) is 0 Å². The molecule has 0 aromatic rings. The molecule has 1 aliphatic heterocycles. The summed E-state index contributed by atoms with van der Waals surface area (Å²) in [7, 11) is 0. The van der Waals surface area contributed by atoms with E-state index in [0.29, 0.717) is 0 Å². The van der Waals surface area contributed by atoms with Crippen LogP contribution < -0.4 is 0 Å². The molecule has 168 valence electrons. The third kappa shape index (κ3) is 2.86. The van der Waals surface area contributed by atoms with E-state index in [1.54, 1.807) is 0 Å². The second-order valence-corrected chi connectivity index (χ2v) is 5.01. The summed E-state index contributed by atoms with van der Waals surface area (Å²) in [5, 5.41) is 0. The van der Waals surface area contributed by atoms with Crippen LogP contribution in [0.2, 0.25) is 0 Å². The topological polar surface area (TPSA) is 18.5 Å². The maximum Gasteiger partial charge on any atom is 0.460 e. The van der Waals surface area contributed by atoms with E-state index >= 15 is 0 Å². The van der Waals surface area contributed by atoms with Crippen molar-refractivity contribution < 1.29 is 84.1 Å². The Hall–Kier alpha value is -1.27. The SMILES string of the molecule is FC1OC(C(F)(F)C(F)(F)C(F)(F)F)(C(F)(F)C(F)(F)C(F)(F)F)OC1(F)F. The highest BCUT2D eigenvalue weighted by molar-refractivity contribution is 5.15. The van der Waals surface area contributed by atoms with E-state index in [1.807, 2.05) is 4.74 Å². The maximum absolute atomic E-state index is 13.6. The van der Waals surface area contributed by atoms with Gasteiger partial charge in [-0.1, -0.05) is 0 Å². The Balaban J connectivity index is 3.91. The largest absolute Gasteiger partial charge is 0.460 e. The van der Waals surface area contributed by atoms with E-state index < -0.39 is 54.3 Å². The molecule has 0 aliphatic carbocycles. The quantitative estimate of drug-likeness (QED) is 0.528. The molecular formula is C9HF17O2. The van der Waals surface area contributed by atoms with Gasteiger partial charge in [-0.15, -0.1) is 0 Å². The fraction of sp³-hybridized carbons (Fsp3) is 1.00. The zero-order chi connectivity index (χ0) is 23.0. The first-order valence-corrected chi connectivity index (χ1v) is 5.88. The highest BCUT2D eigenvalue weighted by Gasteiger charge is 2.96. The lowest BCUT2D eigenvalue weighted by molar-refractivity contribution is -0.502. The first-order chi connectivity index (χ1) is 11.8. The van der Waals surface area contributed by atoms with E-state index in [9.17, 15) is 74.6 Å². The molecule has 1 aliphatic rings. The molecule has 1 rings (SSSR count). The van der Waals surface area contributed by atoms with Crippen molar-refractivity contribution in [3.63, 3.8) is 0 Å². The highest BCUT2D eigenvalue weighted by Crippen LogP contribution is 2.65. The van der Waals surface area contributed by atoms with Gasteiger partial charge in [0.25, 0.3) is 6.36 Å². The van der Waals surface area contributed by atoms with Gasteiger partial charge in [0.15, 0.2) is 0 Å². The summed E-state index contributed by atoms with van der Waals surface area (Å²) in [4.78, 5) is 0. The van der Waals surface area contributed by atoms with Gasteiger partial charge in [0.05, 0.1) is 0 Å². The minimum absolute atomic E-state index is 1.95. The Morgan fingerprint density at radius 3 is 1.04 bits per heavy atom. The summed E-state index contributed by atoms with van der Waals surface area (Å²) in [6, 6.07) is 0. The second-order valence-electron chi connectivity index (χ2n) is 5.01. The Morgan fingerprint density at radius 2 is 0.857 bits per heavy atom. The predicted molar refractivity (Wildman–Crippen MR) is 46.6 cm³/mol.